The van der Waals surface area contributed by atoms with Gasteiger partial charge in [-0.15, -0.1) is 11.3 Å². The van der Waals surface area contributed by atoms with E-state index >= 15 is 0 Å². The van der Waals surface area contributed by atoms with Gasteiger partial charge in [-0.3, -0.25) is 4.79 Å². The Hall–Kier alpha value is -0.960. The molecule has 0 N–H and O–H groups in total. The first-order valence-electron chi connectivity index (χ1n) is 5.87. The smallest absolute Gasteiger partial charge is 0.252 e. The number of hydrogen-bond acceptors (Lipinski definition) is 5. The lowest BCUT2D eigenvalue weighted by atomic mass is 10.4. The highest BCUT2D eigenvalue weighted by molar-refractivity contribution is 7.91. The lowest BCUT2D eigenvalue weighted by molar-refractivity contribution is -0.135. The largest absolute Gasteiger partial charge is 0.378 e. The van der Waals surface area contributed by atoms with Crippen molar-refractivity contribution in [3.05, 3.63) is 17.5 Å². The zero-order chi connectivity index (χ0) is 13.9. The molecule has 106 valence electrons. The quantitative estimate of drug-likeness (QED) is 0.798. The van der Waals surface area contributed by atoms with Crippen LogP contribution in [0, 0.1) is 0 Å². The van der Waals surface area contributed by atoms with E-state index in [2.05, 4.69) is 0 Å². The number of sulfonamides is 1. The Labute approximate surface area is 116 Å². The zero-order valence-corrected chi connectivity index (χ0v) is 12.2. The molecule has 0 aromatic carbocycles. The summed E-state index contributed by atoms with van der Waals surface area (Å²) >= 11 is 1.15. The average molecular weight is 304 g/mol. The summed E-state index contributed by atoms with van der Waals surface area (Å²) in [5, 5.41) is 1.70. The maximum Gasteiger partial charge on any atom is 0.252 e. The number of carbonyl (C=O) groups is 1. The highest BCUT2D eigenvalue weighted by Crippen LogP contribution is 2.19. The molecule has 1 aromatic heterocycles. The molecule has 1 aliphatic heterocycles. The van der Waals surface area contributed by atoms with Crippen LogP contribution in [0.5, 0.6) is 0 Å². The van der Waals surface area contributed by atoms with E-state index < -0.39 is 10.0 Å². The monoisotopic (exact) mass is 304 g/mol. The van der Waals surface area contributed by atoms with Crippen LogP contribution in [0.3, 0.4) is 0 Å². The molecule has 0 bridgehead atoms. The van der Waals surface area contributed by atoms with Crippen molar-refractivity contribution >= 4 is 27.3 Å². The topological polar surface area (TPSA) is 66.9 Å². The van der Waals surface area contributed by atoms with Crippen molar-refractivity contribution < 1.29 is 17.9 Å². The molecular weight excluding hydrogens is 288 g/mol. The number of ether oxygens (including phenoxy) is 1. The molecule has 0 aliphatic carbocycles. The highest BCUT2D eigenvalue weighted by Gasteiger charge is 2.26. The number of morpholine rings is 1. The normalized spacial score (nSPS) is 16.8. The Morgan fingerprint density at radius 2 is 2.16 bits per heavy atom. The summed E-state index contributed by atoms with van der Waals surface area (Å²) in [4.78, 5) is 13.6. The average Bonchev–Trinajstić information content (AvgIpc) is 2.94. The molecule has 0 atom stereocenters. The first-order chi connectivity index (χ1) is 9.01. The van der Waals surface area contributed by atoms with Crippen LogP contribution < -0.4 is 0 Å². The minimum absolute atomic E-state index is 0.139. The van der Waals surface area contributed by atoms with Crippen molar-refractivity contribution in [2.45, 2.75) is 4.21 Å². The van der Waals surface area contributed by atoms with E-state index in [9.17, 15) is 13.2 Å². The van der Waals surface area contributed by atoms with Crippen LogP contribution in [0.4, 0.5) is 0 Å². The molecule has 6 nitrogen and oxygen atoms in total. The van der Waals surface area contributed by atoms with E-state index in [0.717, 1.165) is 15.6 Å². The second-order valence-corrected chi connectivity index (χ2v) is 7.41. The molecule has 1 amide bonds. The Kier molecular flexibility index (Phi) is 4.56. The molecule has 1 aromatic rings. The first kappa shape index (κ1) is 14.4. The molecule has 0 radical (unpaired) electrons. The number of nitrogens with zero attached hydrogens (tertiary/aromatic N) is 2. The maximum atomic E-state index is 12.2. The molecule has 19 heavy (non-hydrogen) atoms. The van der Waals surface area contributed by atoms with Gasteiger partial charge in [0, 0.05) is 20.1 Å². The minimum Gasteiger partial charge on any atom is -0.378 e. The fraction of sp³-hybridized carbons (Fsp3) is 0.545. The number of likely N-dealkylation sites (N-methyl/N-ethyl adjacent to an activating group) is 1. The molecular formula is C11H16N2O4S2. The highest BCUT2D eigenvalue weighted by atomic mass is 32.2. The standard InChI is InChI=1S/C11H16N2O4S2/c1-12(19(15,16)11-3-2-8-18-11)9-10(14)13-4-6-17-7-5-13/h2-3,8H,4-7,9H2,1H3. The van der Waals surface area contributed by atoms with Gasteiger partial charge in [-0.1, -0.05) is 6.07 Å². The summed E-state index contributed by atoms with van der Waals surface area (Å²) in [5.41, 5.74) is 0. The SMILES string of the molecule is CN(CC(=O)N1CCOCC1)S(=O)(=O)c1cccs1. The van der Waals surface area contributed by atoms with Crippen molar-refractivity contribution in [2.24, 2.45) is 0 Å². The second kappa shape index (κ2) is 6.00. The third-order valence-corrected chi connectivity index (χ3v) is 6.06. The van der Waals surface area contributed by atoms with E-state index in [1.807, 2.05) is 0 Å². The molecule has 1 saturated heterocycles. The fourth-order valence-electron chi connectivity index (χ4n) is 1.75. The van der Waals surface area contributed by atoms with Crippen LogP contribution in [-0.2, 0) is 19.6 Å². The van der Waals surface area contributed by atoms with Gasteiger partial charge in [0.25, 0.3) is 10.0 Å². The van der Waals surface area contributed by atoms with Crippen LogP contribution in [0.1, 0.15) is 0 Å². The summed E-state index contributed by atoms with van der Waals surface area (Å²) in [5.74, 6) is -0.189. The predicted molar refractivity (Wildman–Crippen MR) is 71.5 cm³/mol. The van der Waals surface area contributed by atoms with E-state index in [4.69, 9.17) is 4.74 Å². The van der Waals surface area contributed by atoms with Gasteiger partial charge in [0.2, 0.25) is 5.91 Å². The predicted octanol–water partition coefficient (Wildman–Crippen LogP) is 0.227. The van der Waals surface area contributed by atoms with Gasteiger partial charge in [-0.2, -0.15) is 4.31 Å². The third-order valence-electron chi connectivity index (χ3n) is 2.88. The molecule has 0 spiro atoms. The van der Waals surface area contributed by atoms with Crippen molar-refractivity contribution in [2.75, 3.05) is 39.9 Å². The third kappa shape index (κ3) is 3.33. The van der Waals surface area contributed by atoms with Crippen LogP contribution in [0.25, 0.3) is 0 Å². The summed E-state index contributed by atoms with van der Waals surface area (Å²) < 4.78 is 30.8. The zero-order valence-electron chi connectivity index (χ0n) is 10.6. The van der Waals surface area contributed by atoms with Crippen molar-refractivity contribution in [3.63, 3.8) is 0 Å². The van der Waals surface area contributed by atoms with Gasteiger partial charge in [-0.05, 0) is 11.4 Å². The lowest BCUT2D eigenvalue weighted by Crippen LogP contribution is -2.46. The Morgan fingerprint density at radius 1 is 1.47 bits per heavy atom. The summed E-state index contributed by atoms with van der Waals surface area (Å²) in [6, 6.07) is 3.21. The van der Waals surface area contributed by atoms with Gasteiger partial charge in [0.15, 0.2) is 0 Å². The first-order valence-corrected chi connectivity index (χ1v) is 8.19. The number of amides is 1. The Morgan fingerprint density at radius 3 is 2.74 bits per heavy atom. The maximum absolute atomic E-state index is 12.2. The molecule has 0 saturated carbocycles. The molecule has 2 heterocycles. The summed E-state index contributed by atoms with van der Waals surface area (Å²) in [6.07, 6.45) is 0. The van der Waals surface area contributed by atoms with E-state index in [1.54, 1.807) is 16.3 Å². The molecule has 0 unspecified atom stereocenters. The van der Waals surface area contributed by atoms with Crippen molar-refractivity contribution in [1.29, 1.82) is 0 Å². The minimum atomic E-state index is -3.56. The summed E-state index contributed by atoms with van der Waals surface area (Å²) in [6.45, 7) is 1.91. The van der Waals surface area contributed by atoms with Crippen LogP contribution in [-0.4, -0.2) is 63.4 Å². The van der Waals surface area contributed by atoms with E-state index in [1.165, 1.54) is 13.1 Å². The van der Waals surface area contributed by atoms with Gasteiger partial charge >= 0.3 is 0 Å². The van der Waals surface area contributed by atoms with Gasteiger partial charge in [0.05, 0.1) is 19.8 Å². The van der Waals surface area contributed by atoms with E-state index in [0.29, 0.717) is 26.3 Å². The van der Waals surface area contributed by atoms with Crippen LogP contribution >= 0.6 is 11.3 Å². The number of thiophene rings is 1. The second-order valence-electron chi connectivity index (χ2n) is 4.19. The fourth-order valence-corrected chi connectivity index (χ4v) is 4.07. The van der Waals surface area contributed by atoms with E-state index in [-0.39, 0.29) is 16.7 Å². The van der Waals surface area contributed by atoms with Gasteiger partial charge < -0.3 is 9.64 Å². The van der Waals surface area contributed by atoms with Crippen LogP contribution in [0.2, 0.25) is 0 Å². The molecule has 2 rings (SSSR count). The van der Waals surface area contributed by atoms with Crippen molar-refractivity contribution in [1.82, 2.24) is 9.21 Å². The lowest BCUT2D eigenvalue weighted by Gasteiger charge is -2.28. The van der Waals surface area contributed by atoms with Crippen LogP contribution in [0.15, 0.2) is 21.7 Å². The molecule has 1 aliphatic rings. The molecule has 1 fully saturated rings. The number of carbonyl (C=O) groups excluding carboxylic acids is 1. The van der Waals surface area contributed by atoms with Gasteiger partial charge in [0.1, 0.15) is 4.21 Å². The Bertz CT molecular complexity index is 521. The summed E-state index contributed by atoms with van der Waals surface area (Å²) in [7, 11) is -2.13. The van der Waals surface area contributed by atoms with Crippen molar-refractivity contribution in [3.8, 4) is 0 Å². The number of hydrogen-bond donors (Lipinski definition) is 0. The van der Waals surface area contributed by atoms with Gasteiger partial charge in [-0.25, -0.2) is 8.42 Å². The molecule has 8 heteroatoms. The Balaban J connectivity index is 2.00. The number of rotatable bonds is 4.